The van der Waals surface area contributed by atoms with Crippen molar-refractivity contribution in [1.82, 2.24) is 5.32 Å². The lowest BCUT2D eigenvalue weighted by atomic mass is 9.89. The van der Waals surface area contributed by atoms with Crippen molar-refractivity contribution in [2.75, 3.05) is 19.8 Å². The van der Waals surface area contributed by atoms with Gasteiger partial charge in [0.1, 0.15) is 0 Å². The second kappa shape index (κ2) is 7.49. The lowest BCUT2D eigenvalue weighted by Crippen LogP contribution is -2.44. The molecule has 0 radical (unpaired) electrons. The summed E-state index contributed by atoms with van der Waals surface area (Å²) in [5.74, 6) is 0.469. The molecule has 1 aromatic rings. The van der Waals surface area contributed by atoms with Crippen molar-refractivity contribution in [3.63, 3.8) is 0 Å². The highest BCUT2D eigenvalue weighted by Crippen LogP contribution is 2.29. The van der Waals surface area contributed by atoms with Crippen LogP contribution in [0.4, 0.5) is 0 Å². The van der Waals surface area contributed by atoms with E-state index in [1.807, 2.05) is 12.1 Å². The average molecular weight is 302 g/mol. The zero-order chi connectivity index (χ0) is 13.7. The van der Waals surface area contributed by atoms with Gasteiger partial charge in [-0.05, 0) is 37.4 Å². The van der Waals surface area contributed by atoms with Gasteiger partial charge in [0.25, 0.3) is 0 Å². The lowest BCUT2D eigenvalue weighted by Gasteiger charge is -2.32. The number of hydrogen-bond acceptors (Lipinski definition) is 2. The molecule has 4 heteroatoms. The molecule has 0 amide bonds. The first kappa shape index (κ1) is 15.1. The summed E-state index contributed by atoms with van der Waals surface area (Å²) in [6.07, 6.45) is 3.14. The van der Waals surface area contributed by atoms with Gasteiger partial charge in [0.05, 0.1) is 16.7 Å². The summed E-state index contributed by atoms with van der Waals surface area (Å²) in [6, 6.07) is 6.36. The molecule has 1 heterocycles. The maximum atomic E-state index is 6.27. The summed E-state index contributed by atoms with van der Waals surface area (Å²) in [6.45, 7) is 4.89. The molecule has 2 atom stereocenters. The molecule has 1 aromatic carbocycles. The number of benzene rings is 1. The molecule has 0 aliphatic carbocycles. The summed E-state index contributed by atoms with van der Waals surface area (Å²) in [4.78, 5) is 0. The molecule has 1 aliphatic heterocycles. The van der Waals surface area contributed by atoms with Gasteiger partial charge in [-0.15, -0.1) is 0 Å². The third-order valence-corrected chi connectivity index (χ3v) is 4.50. The van der Waals surface area contributed by atoms with E-state index in [0.717, 1.165) is 44.6 Å². The van der Waals surface area contributed by atoms with Crippen molar-refractivity contribution in [1.29, 1.82) is 0 Å². The Balaban J connectivity index is 2.04. The molecule has 106 valence electrons. The van der Waals surface area contributed by atoms with Crippen LogP contribution >= 0.6 is 23.2 Å². The maximum absolute atomic E-state index is 6.27. The fourth-order valence-electron chi connectivity index (χ4n) is 2.59. The van der Waals surface area contributed by atoms with Crippen LogP contribution in [0.25, 0.3) is 0 Å². The van der Waals surface area contributed by atoms with Crippen LogP contribution in [0, 0.1) is 5.92 Å². The molecular weight excluding hydrogens is 281 g/mol. The van der Waals surface area contributed by atoms with Crippen LogP contribution < -0.4 is 5.32 Å². The van der Waals surface area contributed by atoms with Crippen LogP contribution in [0.2, 0.25) is 10.0 Å². The third kappa shape index (κ3) is 4.09. The van der Waals surface area contributed by atoms with Crippen LogP contribution in [0.3, 0.4) is 0 Å². The lowest BCUT2D eigenvalue weighted by molar-refractivity contribution is 0.0323. The minimum Gasteiger partial charge on any atom is -0.381 e. The van der Waals surface area contributed by atoms with Gasteiger partial charge in [-0.1, -0.05) is 42.3 Å². The molecule has 2 nitrogen and oxygen atoms in total. The Kier molecular flexibility index (Phi) is 5.96. The van der Waals surface area contributed by atoms with E-state index in [1.54, 1.807) is 0 Å². The number of hydrogen-bond donors (Lipinski definition) is 1. The van der Waals surface area contributed by atoms with Crippen molar-refractivity contribution >= 4 is 23.2 Å². The minimum absolute atomic E-state index is 0.469. The van der Waals surface area contributed by atoms with Gasteiger partial charge in [0.2, 0.25) is 0 Å². The van der Waals surface area contributed by atoms with Gasteiger partial charge in [-0.2, -0.15) is 0 Å². The Morgan fingerprint density at radius 3 is 3.00 bits per heavy atom. The van der Waals surface area contributed by atoms with Crippen molar-refractivity contribution in [2.24, 2.45) is 5.92 Å². The molecule has 1 saturated heterocycles. The molecule has 2 rings (SSSR count). The van der Waals surface area contributed by atoms with Crippen molar-refractivity contribution in [3.05, 3.63) is 33.8 Å². The summed E-state index contributed by atoms with van der Waals surface area (Å²) in [5.41, 5.74) is 1.12. The van der Waals surface area contributed by atoms with E-state index in [-0.39, 0.29) is 0 Å². The summed E-state index contributed by atoms with van der Waals surface area (Å²) < 4.78 is 5.62. The molecule has 1 fully saturated rings. The first-order valence-electron chi connectivity index (χ1n) is 6.96. The van der Waals surface area contributed by atoms with Gasteiger partial charge < -0.3 is 10.1 Å². The zero-order valence-electron chi connectivity index (χ0n) is 11.3. The smallest absolute Gasteiger partial charge is 0.0624 e. The Morgan fingerprint density at radius 2 is 2.21 bits per heavy atom. The van der Waals surface area contributed by atoms with Crippen LogP contribution in [0.5, 0.6) is 0 Å². The second-order valence-corrected chi connectivity index (χ2v) is 5.89. The maximum Gasteiger partial charge on any atom is 0.0624 e. The van der Waals surface area contributed by atoms with E-state index in [4.69, 9.17) is 27.9 Å². The zero-order valence-corrected chi connectivity index (χ0v) is 12.8. The highest BCUT2D eigenvalue weighted by Gasteiger charge is 2.26. The Morgan fingerprint density at radius 1 is 1.37 bits per heavy atom. The van der Waals surface area contributed by atoms with Gasteiger partial charge in [-0.3, -0.25) is 0 Å². The normalized spacial score (nSPS) is 23.5. The Hall–Kier alpha value is -0.280. The largest absolute Gasteiger partial charge is 0.381 e. The molecule has 0 bridgehead atoms. The van der Waals surface area contributed by atoms with Crippen molar-refractivity contribution in [3.8, 4) is 0 Å². The molecular formula is C15H21Cl2NO. The molecule has 2 unspecified atom stereocenters. The van der Waals surface area contributed by atoms with Crippen LogP contribution in [0.15, 0.2) is 18.2 Å². The second-order valence-electron chi connectivity index (χ2n) is 5.10. The van der Waals surface area contributed by atoms with Gasteiger partial charge >= 0.3 is 0 Å². The molecule has 0 saturated carbocycles. The van der Waals surface area contributed by atoms with E-state index < -0.39 is 0 Å². The predicted octanol–water partition coefficient (Wildman–Crippen LogP) is 3.94. The van der Waals surface area contributed by atoms with E-state index in [2.05, 4.69) is 18.3 Å². The predicted molar refractivity (Wildman–Crippen MR) is 81.2 cm³/mol. The van der Waals surface area contributed by atoms with E-state index in [9.17, 15) is 0 Å². The summed E-state index contributed by atoms with van der Waals surface area (Å²) in [7, 11) is 0. The van der Waals surface area contributed by atoms with E-state index >= 15 is 0 Å². The van der Waals surface area contributed by atoms with Crippen LogP contribution in [-0.2, 0) is 11.2 Å². The highest BCUT2D eigenvalue weighted by atomic mass is 35.5. The first-order valence-corrected chi connectivity index (χ1v) is 7.72. The summed E-state index contributed by atoms with van der Waals surface area (Å²) in [5, 5.41) is 4.94. The van der Waals surface area contributed by atoms with Crippen LogP contribution in [-0.4, -0.2) is 25.8 Å². The average Bonchev–Trinajstić information content (AvgIpc) is 2.43. The SMILES string of the molecule is CCCNC1CCOCC1Cc1cccc(Cl)c1Cl. The number of ether oxygens (including phenoxy) is 1. The standard InChI is InChI=1S/C15H21Cl2NO/c1-2-7-18-14-6-8-19-10-12(14)9-11-4-3-5-13(16)15(11)17/h3-5,12,14,18H,2,6-10H2,1H3. The fraction of sp³-hybridized carbons (Fsp3) is 0.600. The van der Waals surface area contributed by atoms with Gasteiger partial charge in [0.15, 0.2) is 0 Å². The third-order valence-electron chi connectivity index (χ3n) is 3.64. The van der Waals surface area contributed by atoms with Crippen LogP contribution in [0.1, 0.15) is 25.3 Å². The Bertz CT molecular complexity index is 411. The number of nitrogens with one attached hydrogen (secondary N) is 1. The topological polar surface area (TPSA) is 21.3 Å². The Labute approximate surface area is 125 Å². The van der Waals surface area contributed by atoms with Gasteiger partial charge in [0, 0.05) is 18.6 Å². The molecule has 1 aliphatic rings. The number of halogens is 2. The molecule has 1 N–H and O–H groups in total. The van der Waals surface area contributed by atoms with E-state index in [0.29, 0.717) is 22.0 Å². The molecule has 19 heavy (non-hydrogen) atoms. The molecule has 0 aromatic heterocycles. The minimum atomic E-state index is 0.469. The monoisotopic (exact) mass is 301 g/mol. The number of rotatable bonds is 5. The molecule has 0 spiro atoms. The highest BCUT2D eigenvalue weighted by molar-refractivity contribution is 6.42. The van der Waals surface area contributed by atoms with E-state index in [1.165, 1.54) is 0 Å². The van der Waals surface area contributed by atoms with Crippen molar-refractivity contribution < 1.29 is 4.74 Å². The first-order chi connectivity index (χ1) is 9.22. The van der Waals surface area contributed by atoms with Gasteiger partial charge in [-0.25, -0.2) is 0 Å². The van der Waals surface area contributed by atoms with Crippen molar-refractivity contribution in [2.45, 2.75) is 32.2 Å². The quantitative estimate of drug-likeness (QED) is 0.889. The summed E-state index contributed by atoms with van der Waals surface area (Å²) >= 11 is 12.3. The fourth-order valence-corrected chi connectivity index (χ4v) is 2.98.